The number of urea groups is 1. The molecule has 4 rings (SSSR count). The number of methoxy groups -OCH3 is 1. The van der Waals surface area contributed by atoms with Crippen LogP contribution in [-0.4, -0.2) is 62.2 Å². The number of hydrogen-bond donors (Lipinski definition) is 4. The summed E-state index contributed by atoms with van der Waals surface area (Å²) in [6.45, 7) is 0.495. The predicted octanol–water partition coefficient (Wildman–Crippen LogP) is 3.50. The van der Waals surface area contributed by atoms with Crippen LogP contribution in [0.5, 0.6) is 5.75 Å². The van der Waals surface area contributed by atoms with E-state index in [1.165, 1.54) is 12.1 Å². The van der Waals surface area contributed by atoms with Gasteiger partial charge in [-0.25, -0.2) is 4.79 Å². The average molecular weight is 524 g/mol. The Labute approximate surface area is 211 Å². The number of benzene rings is 2. The largest absolute Gasteiger partial charge is 0.487 e. The van der Waals surface area contributed by atoms with Crippen molar-refractivity contribution in [3.05, 3.63) is 53.6 Å². The number of amides is 3. The Hall–Kier alpha value is -3.35. The lowest BCUT2D eigenvalue weighted by atomic mass is 9.84. The molecule has 2 heterocycles. The maximum Gasteiger partial charge on any atom is 0.416 e. The first-order valence-electron chi connectivity index (χ1n) is 11.8. The summed E-state index contributed by atoms with van der Waals surface area (Å²) < 4.78 is 55.1. The van der Waals surface area contributed by atoms with Crippen LogP contribution in [-0.2, 0) is 20.4 Å². The summed E-state index contributed by atoms with van der Waals surface area (Å²) in [6, 6.07) is 8.58. The van der Waals surface area contributed by atoms with Crippen molar-refractivity contribution in [3.63, 3.8) is 0 Å². The molecule has 0 aromatic heterocycles. The number of aliphatic hydroxyl groups is 1. The van der Waals surface area contributed by atoms with Crippen LogP contribution >= 0.6 is 0 Å². The van der Waals surface area contributed by atoms with Crippen LogP contribution in [0.15, 0.2) is 42.5 Å². The third kappa shape index (κ3) is 6.51. The Balaban J connectivity index is 1.41. The molecule has 2 aromatic rings. The molecule has 0 bridgehead atoms. The smallest absolute Gasteiger partial charge is 0.416 e. The van der Waals surface area contributed by atoms with Gasteiger partial charge >= 0.3 is 12.2 Å². The summed E-state index contributed by atoms with van der Waals surface area (Å²) in [5, 5.41) is 17.8. The topological polar surface area (TPSA) is 118 Å². The molecule has 0 unspecified atom stereocenters. The van der Waals surface area contributed by atoms with Crippen molar-refractivity contribution in [2.24, 2.45) is 0 Å². The van der Waals surface area contributed by atoms with Crippen LogP contribution in [0.4, 0.5) is 29.3 Å². The average Bonchev–Trinajstić information content (AvgIpc) is 3.21. The van der Waals surface area contributed by atoms with Crippen molar-refractivity contribution in [1.29, 1.82) is 0 Å². The summed E-state index contributed by atoms with van der Waals surface area (Å²) in [5.41, 5.74) is 0.657. The summed E-state index contributed by atoms with van der Waals surface area (Å²) in [5.74, 6) is 0.236. The molecule has 3 amide bonds. The van der Waals surface area contributed by atoms with Crippen LogP contribution in [0.25, 0.3) is 0 Å². The molecule has 1 saturated heterocycles. The van der Waals surface area contributed by atoms with Gasteiger partial charge in [0, 0.05) is 36.5 Å². The van der Waals surface area contributed by atoms with Gasteiger partial charge in [-0.1, -0.05) is 0 Å². The highest BCUT2D eigenvalue weighted by Crippen LogP contribution is 2.47. The molecule has 0 saturated carbocycles. The Bertz CT molecular complexity index is 1110. The zero-order valence-electron chi connectivity index (χ0n) is 20.0. The van der Waals surface area contributed by atoms with E-state index >= 15 is 0 Å². The molecular weight excluding hydrogens is 495 g/mol. The molecule has 37 heavy (non-hydrogen) atoms. The van der Waals surface area contributed by atoms with Crippen molar-refractivity contribution in [1.82, 2.24) is 5.32 Å². The number of carbonyl (C=O) groups is 2. The highest BCUT2D eigenvalue weighted by molar-refractivity contribution is 5.99. The van der Waals surface area contributed by atoms with E-state index in [2.05, 4.69) is 16.0 Å². The number of alkyl halides is 3. The van der Waals surface area contributed by atoms with Gasteiger partial charge in [-0.3, -0.25) is 4.79 Å². The molecule has 2 aromatic carbocycles. The van der Waals surface area contributed by atoms with Crippen LogP contribution in [0.1, 0.15) is 29.9 Å². The number of carbonyl (C=O) groups excluding carboxylic acids is 2. The lowest BCUT2D eigenvalue weighted by Crippen LogP contribution is -2.47. The summed E-state index contributed by atoms with van der Waals surface area (Å²) in [6.07, 6.45) is -5.36. The van der Waals surface area contributed by atoms with Crippen LogP contribution < -0.4 is 20.7 Å². The molecule has 2 aliphatic heterocycles. The molecule has 12 heteroatoms. The second-order valence-electron chi connectivity index (χ2n) is 8.86. The van der Waals surface area contributed by atoms with Crippen molar-refractivity contribution in [3.8, 4) is 5.75 Å². The molecule has 4 N–H and O–H groups in total. The second kappa shape index (κ2) is 11.4. The van der Waals surface area contributed by atoms with Gasteiger partial charge in [0.1, 0.15) is 18.0 Å². The van der Waals surface area contributed by atoms with Gasteiger partial charge in [0.25, 0.3) is 0 Å². The van der Waals surface area contributed by atoms with Gasteiger partial charge < -0.3 is 35.3 Å². The standard InChI is InChI=1S/C25H28F3N3O6/c1-35-9-8-29-22(33)12-17-11-19-18-10-16(6-7-20(18)37-23(19)21(13-32)36-17)31-24(34)30-15-4-2-14(3-5-15)25(26,27)28/h2-7,10,17,19,21,23,32H,8-9,11-13H2,1H3,(H,29,33)(H2,30,31,34)/t17-,19+,21-,23-/m0/s1. The maximum atomic E-state index is 12.7. The van der Waals surface area contributed by atoms with E-state index in [0.29, 0.717) is 31.0 Å². The highest BCUT2D eigenvalue weighted by Gasteiger charge is 2.46. The Morgan fingerprint density at radius 2 is 1.81 bits per heavy atom. The molecule has 4 atom stereocenters. The van der Waals surface area contributed by atoms with Crippen molar-refractivity contribution < 1.29 is 42.1 Å². The van der Waals surface area contributed by atoms with Crippen molar-refractivity contribution >= 4 is 23.3 Å². The maximum absolute atomic E-state index is 12.7. The predicted molar refractivity (Wildman–Crippen MR) is 128 cm³/mol. The quantitative estimate of drug-likeness (QED) is 0.394. The van der Waals surface area contributed by atoms with E-state index in [0.717, 1.165) is 17.7 Å². The first-order chi connectivity index (χ1) is 17.7. The Morgan fingerprint density at radius 1 is 1.11 bits per heavy atom. The number of ether oxygens (including phenoxy) is 3. The fraction of sp³-hybridized carbons (Fsp3) is 0.440. The van der Waals surface area contributed by atoms with E-state index in [4.69, 9.17) is 14.2 Å². The number of halogens is 3. The Kier molecular flexibility index (Phi) is 8.20. The van der Waals surface area contributed by atoms with Gasteiger partial charge in [0.05, 0.1) is 31.3 Å². The minimum Gasteiger partial charge on any atom is -0.487 e. The molecule has 9 nitrogen and oxygen atoms in total. The number of aliphatic hydroxyl groups excluding tert-OH is 1. The monoisotopic (exact) mass is 523 g/mol. The van der Waals surface area contributed by atoms with E-state index in [9.17, 15) is 27.9 Å². The molecule has 0 radical (unpaired) electrons. The number of anilines is 2. The summed E-state index contributed by atoms with van der Waals surface area (Å²) >= 11 is 0. The van der Waals surface area contributed by atoms with Crippen molar-refractivity contribution in [2.45, 2.75) is 43.2 Å². The number of rotatable bonds is 8. The first kappa shape index (κ1) is 26.7. The lowest BCUT2D eigenvalue weighted by molar-refractivity contribution is -0.142. The molecule has 1 fully saturated rings. The lowest BCUT2D eigenvalue weighted by Gasteiger charge is -2.37. The zero-order valence-corrected chi connectivity index (χ0v) is 20.0. The van der Waals surface area contributed by atoms with Gasteiger partial charge in [0.2, 0.25) is 5.91 Å². The molecular formula is C25H28F3N3O6. The van der Waals surface area contributed by atoms with Crippen LogP contribution in [0.2, 0.25) is 0 Å². The summed E-state index contributed by atoms with van der Waals surface area (Å²) in [7, 11) is 1.54. The molecule has 200 valence electrons. The van der Waals surface area contributed by atoms with Gasteiger partial charge in [0.15, 0.2) is 0 Å². The number of nitrogens with one attached hydrogen (secondary N) is 3. The fourth-order valence-corrected chi connectivity index (χ4v) is 4.57. The minimum atomic E-state index is -4.46. The van der Waals surface area contributed by atoms with Gasteiger partial charge in [-0.15, -0.1) is 0 Å². The second-order valence-corrected chi connectivity index (χ2v) is 8.86. The minimum absolute atomic E-state index is 0.117. The summed E-state index contributed by atoms with van der Waals surface area (Å²) in [4.78, 5) is 24.7. The number of fused-ring (bicyclic) bond motifs is 3. The third-order valence-corrected chi connectivity index (χ3v) is 6.27. The zero-order chi connectivity index (χ0) is 26.6. The SMILES string of the molecule is COCCNC(=O)C[C@@H]1C[C@@H]2c3cc(NC(=O)Nc4ccc(C(F)(F)F)cc4)ccc3O[C@@H]2[C@H](CO)O1. The van der Waals surface area contributed by atoms with Gasteiger partial charge in [-0.2, -0.15) is 13.2 Å². The molecule has 0 spiro atoms. The van der Waals surface area contributed by atoms with E-state index in [-0.39, 0.29) is 30.5 Å². The highest BCUT2D eigenvalue weighted by atomic mass is 19.4. The van der Waals surface area contributed by atoms with Crippen LogP contribution in [0.3, 0.4) is 0 Å². The molecule has 0 aliphatic carbocycles. The van der Waals surface area contributed by atoms with Crippen molar-refractivity contribution in [2.75, 3.05) is 37.5 Å². The Morgan fingerprint density at radius 3 is 2.49 bits per heavy atom. The van der Waals surface area contributed by atoms with E-state index in [1.54, 1.807) is 25.3 Å². The fourth-order valence-electron chi connectivity index (χ4n) is 4.57. The number of hydrogen-bond acceptors (Lipinski definition) is 6. The van der Waals surface area contributed by atoms with E-state index < -0.39 is 36.1 Å². The van der Waals surface area contributed by atoms with E-state index in [1.807, 2.05) is 0 Å². The van der Waals surface area contributed by atoms with Crippen LogP contribution in [0, 0.1) is 0 Å². The van der Waals surface area contributed by atoms with Gasteiger partial charge in [-0.05, 0) is 48.9 Å². The normalized spacial score (nSPS) is 22.4. The molecule has 2 aliphatic rings. The first-order valence-corrected chi connectivity index (χ1v) is 11.8. The third-order valence-electron chi connectivity index (χ3n) is 6.27.